The molecule has 0 aliphatic carbocycles. The van der Waals surface area contributed by atoms with Gasteiger partial charge in [-0.2, -0.15) is 0 Å². The van der Waals surface area contributed by atoms with E-state index >= 15 is 0 Å². The number of H-pyrrole nitrogens is 1. The number of hydrogen-bond acceptors (Lipinski definition) is 9. The van der Waals surface area contributed by atoms with Gasteiger partial charge in [-0.05, 0) is 28.6 Å². The van der Waals surface area contributed by atoms with Gasteiger partial charge in [-0.1, -0.05) is 0 Å². The van der Waals surface area contributed by atoms with Crippen molar-refractivity contribution in [3.63, 3.8) is 0 Å². The van der Waals surface area contributed by atoms with Crippen LogP contribution in [0, 0.1) is 0 Å². The zero-order chi connectivity index (χ0) is 21.1. The van der Waals surface area contributed by atoms with Gasteiger partial charge in [-0.25, -0.2) is 5.10 Å². The van der Waals surface area contributed by atoms with Crippen molar-refractivity contribution in [1.29, 1.82) is 0 Å². The number of ether oxygens (including phenoxy) is 4. The van der Waals surface area contributed by atoms with Crippen molar-refractivity contribution in [2.24, 2.45) is 0 Å². The average Bonchev–Trinajstić information content (AvgIpc) is 3.30. The number of nitrogens with one attached hydrogen (secondary N) is 1. The molecule has 0 saturated carbocycles. The summed E-state index contributed by atoms with van der Waals surface area (Å²) in [6.07, 6.45) is 0. The summed E-state index contributed by atoms with van der Waals surface area (Å²) >= 11 is 0. The molecule has 2 heterocycles. The van der Waals surface area contributed by atoms with E-state index in [1.54, 1.807) is 37.4 Å². The summed E-state index contributed by atoms with van der Waals surface area (Å²) in [6, 6.07) is 9.89. The van der Waals surface area contributed by atoms with Gasteiger partial charge in [0.15, 0.2) is 22.8 Å². The van der Waals surface area contributed by atoms with Gasteiger partial charge in [-0.3, -0.25) is 4.79 Å². The van der Waals surface area contributed by atoms with Crippen LogP contribution in [-0.2, 0) is 6.61 Å². The number of tetrazole rings is 1. The third kappa shape index (κ3) is 4.91. The first-order chi connectivity index (χ1) is 14.6. The van der Waals surface area contributed by atoms with Crippen molar-refractivity contribution in [3.8, 4) is 34.3 Å². The number of nitrogens with zero attached hydrogens (tertiary/aromatic N) is 3. The first kappa shape index (κ1) is 23.2. The summed E-state index contributed by atoms with van der Waals surface area (Å²) in [5.74, 6) is 2.69. The number of fused-ring (bicyclic) bond motifs is 1. The Hall–Kier alpha value is -2.44. The predicted molar refractivity (Wildman–Crippen MR) is 113 cm³/mol. The van der Waals surface area contributed by atoms with Crippen molar-refractivity contribution in [2.75, 3.05) is 21.3 Å². The fraction of sp³-hybridized carbons (Fsp3) is 0.200. The van der Waals surface area contributed by atoms with Crippen molar-refractivity contribution >= 4 is 62.4 Å². The third-order valence-corrected chi connectivity index (χ3v) is 4.42. The Morgan fingerprint density at radius 2 is 1.74 bits per heavy atom. The molecule has 11 heteroatoms. The maximum absolute atomic E-state index is 12.8. The Labute approximate surface area is 219 Å². The fourth-order valence-electron chi connectivity index (χ4n) is 3.00. The van der Waals surface area contributed by atoms with Crippen LogP contribution in [0.25, 0.3) is 22.3 Å². The van der Waals surface area contributed by atoms with Gasteiger partial charge in [0.1, 0.15) is 34.8 Å². The molecular weight excluding hydrogens is 431 g/mol. The molecule has 1 N–H and O–H groups in total. The molecule has 0 fully saturated rings. The standard InChI is InChI=1S/C20H18N4O6.K.H/c1-26-14-5-4-11(6-16(14)27-2)15-9-13(25)20-17(28-3)7-12(8-18(20)30-15)29-10-19-21-23-24-22-19;;/h4-9H,10H2,1-3H3,(H,21,22,23,24);;. The fourth-order valence-corrected chi connectivity index (χ4v) is 3.00. The third-order valence-electron chi connectivity index (χ3n) is 4.42. The Balaban J connectivity index is 0.00000272. The summed E-state index contributed by atoms with van der Waals surface area (Å²) in [5.41, 5.74) is 0.728. The number of benzene rings is 2. The molecule has 0 radical (unpaired) electrons. The van der Waals surface area contributed by atoms with E-state index in [2.05, 4.69) is 20.6 Å². The second kappa shape index (κ2) is 10.2. The Kier molecular flexibility index (Phi) is 7.67. The van der Waals surface area contributed by atoms with Gasteiger partial charge in [0.2, 0.25) is 0 Å². The normalized spacial score (nSPS) is 10.4. The van der Waals surface area contributed by atoms with E-state index in [0.717, 1.165) is 0 Å². The summed E-state index contributed by atoms with van der Waals surface area (Å²) < 4.78 is 27.7. The maximum atomic E-state index is 12.8. The van der Waals surface area contributed by atoms with E-state index in [1.165, 1.54) is 20.3 Å². The van der Waals surface area contributed by atoms with Crippen LogP contribution < -0.4 is 24.4 Å². The molecule has 156 valence electrons. The van der Waals surface area contributed by atoms with E-state index in [4.69, 9.17) is 23.4 Å². The molecule has 0 spiro atoms. The zero-order valence-electron chi connectivity index (χ0n) is 16.5. The molecule has 0 aliphatic rings. The van der Waals surface area contributed by atoms with Crippen LogP contribution >= 0.6 is 0 Å². The molecule has 0 unspecified atom stereocenters. The molecule has 4 aromatic rings. The SMILES string of the molecule is COc1ccc(-c2cc(=O)c3c(OC)cc(OCc4nnn[nH]4)cc3o2)cc1OC.[KH]. The van der Waals surface area contributed by atoms with E-state index in [9.17, 15) is 4.79 Å². The van der Waals surface area contributed by atoms with Gasteiger partial charge >= 0.3 is 51.4 Å². The van der Waals surface area contributed by atoms with Gasteiger partial charge in [-0.15, -0.1) is 5.10 Å². The second-order valence-electron chi connectivity index (χ2n) is 6.18. The number of aromatic nitrogens is 4. The number of rotatable bonds is 7. The van der Waals surface area contributed by atoms with Gasteiger partial charge in [0.05, 0.1) is 21.3 Å². The van der Waals surface area contributed by atoms with E-state index in [0.29, 0.717) is 51.1 Å². The minimum atomic E-state index is -0.246. The summed E-state index contributed by atoms with van der Waals surface area (Å²) in [6.45, 7) is 0.112. The molecule has 0 bridgehead atoms. The van der Waals surface area contributed by atoms with Crippen LogP contribution in [0.15, 0.2) is 45.6 Å². The summed E-state index contributed by atoms with van der Waals surface area (Å²) in [7, 11) is 4.56. The van der Waals surface area contributed by atoms with Crippen LogP contribution in [0.4, 0.5) is 0 Å². The monoisotopic (exact) mass is 450 g/mol. The van der Waals surface area contributed by atoms with Crippen molar-refractivity contribution in [2.45, 2.75) is 6.61 Å². The summed E-state index contributed by atoms with van der Waals surface area (Å²) in [4.78, 5) is 12.8. The molecule has 0 aliphatic heterocycles. The van der Waals surface area contributed by atoms with Crippen molar-refractivity contribution in [3.05, 3.63) is 52.4 Å². The molecule has 10 nitrogen and oxygen atoms in total. The first-order valence-electron chi connectivity index (χ1n) is 8.86. The first-order valence-corrected chi connectivity index (χ1v) is 8.86. The molecule has 0 amide bonds. The van der Waals surface area contributed by atoms with Crippen LogP contribution in [0.3, 0.4) is 0 Å². The topological polar surface area (TPSA) is 122 Å². The Bertz CT molecular complexity index is 1240. The zero-order valence-corrected chi connectivity index (χ0v) is 16.5. The number of hydrogen-bond donors (Lipinski definition) is 1. The Morgan fingerprint density at radius 1 is 0.968 bits per heavy atom. The molecule has 4 rings (SSSR count). The van der Waals surface area contributed by atoms with Crippen molar-refractivity contribution < 1.29 is 23.4 Å². The molecular formula is C20H19KN4O6. The van der Waals surface area contributed by atoms with Gasteiger partial charge in [0, 0.05) is 23.8 Å². The number of methoxy groups -OCH3 is 3. The van der Waals surface area contributed by atoms with Gasteiger partial charge < -0.3 is 23.4 Å². The van der Waals surface area contributed by atoms with E-state index in [1.807, 2.05) is 0 Å². The predicted octanol–water partition coefficient (Wildman–Crippen LogP) is 1.93. The number of aromatic amines is 1. The molecule has 0 saturated heterocycles. The van der Waals surface area contributed by atoms with Crippen LogP contribution in [0.5, 0.6) is 23.0 Å². The van der Waals surface area contributed by atoms with Gasteiger partial charge in [0.25, 0.3) is 0 Å². The van der Waals surface area contributed by atoms with E-state index < -0.39 is 0 Å². The molecule has 0 atom stereocenters. The average molecular weight is 450 g/mol. The Morgan fingerprint density at radius 3 is 2.42 bits per heavy atom. The van der Waals surface area contributed by atoms with Crippen LogP contribution in [0.2, 0.25) is 0 Å². The molecule has 31 heavy (non-hydrogen) atoms. The summed E-state index contributed by atoms with van der Waals surface area (Å²) in [5, 5.41) is 13.7. The molecule has 2 aromatic heterocycles. The van der Waals surface area contributed by atoms with Crippen LogP contribution in [-0.4, -0.2) is 93.3 Å². The molecule has 2 aromatic carbocycles. The minimum absolute atomic E-state index is 0. The van der Waals surface area contributed by atoms with Crippen molar-refractivity contribution in [1.82, 2.24) is 20.6 Å². The quantitative estimate of drug-likeness (QED) is 0.421. The second-order valence-corrected chi connectivity index (χ2v) is 6.18. The van der Waals surface area contributed by atoms with Crippen LogP contribution in [0.1, 0.15) is 5.82 Å². The van der Waals surface area contributed by atoms with E-state index in [-0.39, 0.29) is 63.4 Å².